The number of nitrogens with zero attached hydrogens (tertiary/aromatic N) is 1. The van der Waals surface area contributed by atoms with Crippen molar-refractivity contribution >= 4 is 11.6 Å². The molecular formula is C20H24F2N2O. The lowest BCUT2D eigenvalue weighted by molar-refractivity contribution is -0.120. The van der Waals surface area contributed by atoms with Crippen LogP contribution in [0.3, 0.4) is 0 Å². The fourth-order valence-electron chi connectivity index (χ4n) is 2.74. The summed E-state index contributed by atoms with van der Waals surface area (Å²) in [6.45, 7) is 6.27. The van der Waals surface area contributed by atoms with E-state index in [1.165, 1.54) is 17.3 Å². The molecule has 2 aromatic rings. The summed E-state index contributed by atoms with van der Waals surface area (Å²) in [5, 5.41) is 2.88. The minimum Gasteiger partial charge on any atom is -0.370 e. The molecule has 0 aliphatic rings. The Kier molecular flexibility index (Phi) is 6.92. The second kappa shape index (κ2) is 9.16. The van der Waals surface area contributed by atoms with E-state index in [2.05, 4.69) is 36.2 Å². The summed E-state index contributed by atoms with van der Waals surface area (Å²) in [5.41, 5.74) is 2.99. The van der Waals surface area contributed by atoms with Gasteiger partial charge in [0.25, 0.3) is 0 Å². The van der Waals surface area contributed by atoms with Gasteiger partial charge in [-0.25, -0.2) is 8.78 Å². The number of carbonyl (C=O) groups is 1. The van der Waals surface area contributed by atoms with Crippen molar-refractivity contribution in [2.45, 2.75) is 26.7 Å². The Morgan fingerprint density at radius 1 is 1.12 bits per heavy atom. The Morgan fingerprint density at radius 2 is 1.88 bits per heavy atom. The van der Waals surface area contributed by atoms with Gasteiger partial charge in [0.05, 0.1) is 0 Å². The molecule has 1 N–H and O–H groups in total. The standard InChI is InChI=1S/C20H24F2N2O/c1-3-24(19-7-5-4-6-15(19)2)13-12-23-20(25)11-9-16-8-10-17(21)18(22)14-16/h4-8,10,14H,3,9,11-13H2,1-2H3,(H,23,25). The number of para-hydroxylation sites is 1. The number of halogens is 2. The molecule has 1 amide bonds. The summed E-state index contributed by atoms with van der Waals surface area (Å²) < 4.78 is 26.0. The number of rotatable bonds is 8. The van der Waals surface area contributed by atoms with E-state index in [4.69, 9.17) is 0 Å². The molecular weight excluding hydrogens is 322 g/mol. The molecule has 25 heavy (non-hydrogen) atoms. The van der Waals surface area contributed by atoms with E-state index >= 15 is 0 Å². The van der Waals surface area contributed by atoms with Crippen molar-refractivity contribution in [3.63, 3.8) is 0 Å². The first-order chi connectivity index (χ1) is 12.0. The Balaban J connectivity index is 1.77. The molecule has 3 nitrogen and oxygen atoms in total. The zero-order valence-corrected chi connectivity index (χ0v) is 14.7. The summed E-state index contributed by atoms with van der Waals surface area (Å²) >= 11 is 0. The maximum atomic E-state index is 13.1. The second-order valence-electron chi connectivity index (χ2n) is 5.96. The normalized spacial score (nSPS) is 10.6. The molecule has 5 heteroatoms. The molecule has 0 saturated carbocycles. The maximum Gasteiger partial charge on any atom is 0.220 e. The van der Waals surface area contributed by atoms with Gasteiger partial charge in [0.2, 0.25) is 5.91 Å². The minimum atomic E-state index is -0.880. The highest BCUT2D eigenvalue weighted by molar-refractivity contribution is 5.76. The van der Waals surface area contributed by atoms with Gasteiger partial charge in [0, 0.05) is 31.7 Å². The third kappa shape index (κ3) is 5.55. The molecule has 0 saturated heterocycles. The zero-order chi connectivity index (χ0) is 18.2. The van der Waals surface area contributed by atoms with Crippen LogP contribution in [-0.4, -0.2) is 25.5 Å². The van der Waals surface area contributed by atoms with E-state index in [0.717, 1.165) is 25.2 Å². The van der Waals surface area contributed by atoms with Crippen LogP contribution in [-0.2, 0) is 11.2 Å². The summed E-state index contributed by atoms with van der Waals surface area (Å²) in [7, 11) is 0. The highest BCUT2D eigenvalue weighted by Crippen LogP contribution is 2.18. The fraction of sp³-hybridized carbons (Fsp3) is 0.350. The predicted octanol–water partition coefficient (Wildman–Crippen LogP) is 3.85. The SMILES string of the molecule is CCN(CCNC(=O)CCc1ccc(F)c(F)c1)c1ccccc1C. The minimum absolute atomic E-state index is 0.0921. The number of benzene rings is 2. The first kappa shape index (κ1) is 18.9. The van der Waals surface area contributed by atoms with Crippen molar-refractivity contribution in [1.29, 1.82) is 0 Å². The topological polar surface area (TPSA) is 32.3 Å². The molecule has 0 fully saturated rings. The molecule has 0 aromatic heterocycles. The smallest absolute Gasteiger partial charge is 0.220 e. The van der Waals surface area contributed by atoms with Gasteiger partial charge in [-0.2, -0.15) is 0 Å². The Morgan fingerprint density at radius 3 is 2.56 bits per heavy atom. The number of hydrogen-bond donors (Lipinski definition) is 1. The molecule has 0 heterocycles. The Hall–Kier alpha value is -2.43. The number of nitrogens with one attached hydrogen (secondary N) is 1. The van der Waals surface area contributed by atoms with Crippen molar-refractivity contribution in [3.8, 4) is 0 Å². The van der Waals surface area contributed by atoms with Crippen molar-refractivity contribution in [1.82, 2.24) is 5.32 Å². The van der Waals surface area contributed by atoms with E-state index in [1.807, 2.05) is 12.1 Å². The molecule has 0 aliphatic heterocycles. The molecule has 0 bridgehead atoms. The lowest BCUT2D eigenvalue weighted by atomic mass is 10.1. The van der Waals surface area contributed by atoms with E-state index < -0.39 is 11.6 Å². The van der Waals surface area contributed by atoms with E-state index in [9.17, 15) is 13.6 Å². The zero-order valence-electron chi connectivity index (χ0n) is 14.7. The first-order valence-electron chi connectivity index (χ1n) is 8.52. The monoisotopic (exact) mass is 346 g/mol. The molecule has 0 unspecified atom stereocenters. The van der Waals surface area contributed by atoms with Gasteiger partial charge in [-0.1, -0.05) is 24.3 Å². The van der Waals surface area contributed by atoms with Crippen LogP contribution in [0.1, 0.15) is 24.5 Å². The molecule has 0 aliphatic carbocycles. The van der Waals surface area contributed by atoms with Crippen LogP contribution >= 0.6 is 0 Å². The predicted molar refractivity (Wildman–Crippen MR) is 96.8 cm³/mol. The number of likely N-dealkylation sites (N-methyl/N-ethyl adjacent to an activating group) is 1. The molecule has 2 rings (SSSR count). The highest BCUT2D eigenvalue weighted by atomic mass is 19.2. The fourth-order valence-corrected chi connectivity index (χ4v) is 2.74. The van der Waals surface area contributed by atoms with Crippen molar-refractivity contribution in [2.75, 3.05) is 24.5 Å². The van der Waals surface area contributed by atoms with Gasteiger partial charge in [-0.15, -0.1) is 0 Å². The van der Waals surface area contributed by atoms with Crippen molar-refractivity contribution < 1.29 is 13.6 Å². The number of hydrogen-bond acceptors (Lipinski definition) is 2. The third-order valence-corrected chi connectivity index (χ3v) is 4.17. The largest absolute Gasteiger partial charge is 0.370 e. The van der Waals surface area contributed by atoms with Gasteiger partial charge < -0.3 is 10.2 Å². The van der Waals surface area contributed by atoms with Gasteiger partial charge >= 0.3 is 0 Å². The number of carbonyl (C=O) groups excluding carboxylic acids is 1. The average Bonchev–Trinajstić information content (AvgIpc) is 2.60. The summed E-state index contributed by atoms with van der Waals surface area (Å²) in [6, 6.07) is 11.9. The number of aryl methyl sites for hydroxylation is 2. The van der Waals surface area contributed by atoms with Crippen molar-refractivity contribution in [2.24, 2.45) is 0 Å². The molecule has 2 aromatic carbocycles. The summed E-state index contributed by atoms with van der Waals surface area (Å²) in [5.74, 6) is -1.84. The van der Waals surface area contributed by atoms with Crippen LogP contribution in [0.15, 0.2) is 42.5 Å². The first-order valence-corrected chi connectivity index (χ1v) is 8.52. The number of amides is 1. The number of anilines is 1. The van der Waals surface area contributed by atoms with Crippen LogP contribution in [0.4, 0.5) is 14.5 Å². The van der Waals surface area contributed by atoms with Gasteiger partial charge in [-0.05, 0) is 49.6 Å². The molecule has 134 valence electrons. The van der Waals surface area contributed by atoms with Crippen molar-refractivity contribution in [3.05, 3.63) is 65.2 Å². The second-order valence-corrected chi connectivity index (χ2v) is 5.96. The van der Waals surface area contributed by atoms with Crippen LogP contribution in [0.2, 0.25) is 0 Å². The summed E-state index contributed by atoms with van der Waals surface area (Å²) in [4.78, 5) is 14.2. The van der Waals surface area contributed by atoms with E-state index in [1.54, 1.807) is 0 Å². The molecule has 0 atom stereocenters. The summed E-state index contributed by atoms with van der Waals surface area (Å²) in [6.07, 6.45) is 0.639. The molecule has 0 radical (unpaired) electrons. The lowest BCUT2D eigenvalue weighted by Crippen LogP contribution is -2.35. The van der Waals surface area contributed by atoms with Crippen LogP contribution < -0.4 is 10.2 Å². The third-order valence-electron chi connectivity index (χ3n) is 4.17. The Bertz CT molecular complexity index is 719. The Labute approximate surface area is 147 Å². The van der Waals surface area contributed by atoms with E-state index in [-0.39, 0.29) is 12.3 Å². The van der Waals surface area contributed by atoms with Crippen LogP contribution in [0.5, 0.6) is 0 Å². The van der Waals surface area contributed by atoms with E-state index in [0.29, 0.717) is 18.5 Å². The molecule has 0 spiro atoms. The average molecular weight is 346 g/mol. The van der Waals surface area contributed by atoms with Crippen LogP contribution in [0, 0.1) is 18.6 Å². The van der Waals surface area contributed by atoms with Gasteiger partial charge in [0.1, 0.15) is 0 Å². The lowest BCUT2D eigenvalue weighted by Gasteiger charge is -2.25. The maximum absolute atomic E-state index is 13.1. The van der Waals surface area contributed by atoms with Gasteiger partial charge in [-0.3, -0.25) is 4.79 Å². The van der Waals surface area contributed by atoms with Crippen LogP contribution in [0.25, 0.3) is 0 Å². The van der Waals surface area contributed by atoms with Gasteiger partial charge in [0.15, 0.2) is 11.6 Å². The quantitative estimate of drug-likeness (QED) is 0.787. The highest BCUT2D eigenvalue weighted by Gasteiger charge is 2.08.